The second kappa shape index (κ2) is 8.79. The lowest BCUT2D eigenvalue weighted by atomic mass is 9.95. The summed E-state index contributed by atoms with van der Waals surface area (Å²) in [6.45, 7) is -1.41. The van der Waals surface area contributed by atoms with E-state index >= 15 is 0 Å². The summed E-state index contributed by atoms with van der Waals surface area (Å²) in [6.07, 6.45) is -0.674. The van der Waals surface area contributed by atoms with E-state index in [1.165, 1.54) is 24.3 Å². The minimum atomic E-state index is -0.677. The Morgan fingerprint density at radius 1 is 1.00 bits per heavy atom. The molecule has 2 aromatic carbocycles. The average molecular weight is 392 g/mol. The average Bonchev–Trinajstić information content (AvgIpc) is 2.67. The monoisotopic (exact) mass is 392 g/mol. The normalized spacial score (nSPS) is 15.5. The lowest BCUT2D eigenvalue weighted by molar-refractivity contribution is 0.0830. The molecule has 1 aliphatic heterocycles. The molecule has 1 aliphatic rings. The van der Waals surface area contributed by atoms with Gasteiger partial charge in [0.05, 0.1) is 13.0 Å². The predicted molar refractivity (Wildman–Crippen MR) is 94.9 cm³/mol. The zero-order chi connectivity index (χ0) is 20.1. The summed E-state index contributed by atoms with van der Waals surface area (Å²) in [5, 5.41) is 36.8. The van der Waals surface area contributed by atoms with Crippen LogP contribution in [0.5, 0.6) is 28.7 Å². The van der Waals surface area contributed by atoms with Gasteiger partial charge in [0.15, 0.2) is 30.9 Å². The molecule has 0 aromatic heterocycles. The molecule has 0 radical (unpaired) electrons. The van der Waals surface area contributed by atoms with E-state index < -0.39 is 19.7 Å². The molecule has 28 heavy (non-hydrogen) atoms. The Balaban J connectivity index is 1.94. The van der Waals surface area contributed by atoms with Crippen LogP contribution in [0.25, 0.3) is 0 Å². The number of Topliss-reactive ketones (excluding diaryl/α,β-unsaturated/α-hetero) is 1. The fourth-order valence-corrected chi connectivity index (χ4v) is 2.94. The second-order valence-corrected chi connectivity index (χ2v) is 5.87. The highest BCUT2D eigenvalue weighted by Crippen LogP contribution is 2.43. The molecule has 1 atom stereocenters. The summed E-state index contributed by atoms with van der Waals surface area (Å²) in [7, 11) is 0. The summed E-state index contributed by atoms with van der Waals surface area (Å²) >= 11 is 0. The van der Waals surface area contributed by atoms with Crippen LogP contribution in [-0.2, 0) is 0 Å². The van der Waals surface area contributed by atoms with Gasteiger partial charge in [-0.2, -0.15) is 0 Å². The molecule has 150 valence electrons. The maximum atomic E-state index is 12.7. The number of phenolic OH excluding ortho intramolecular Hbond substituents is 1. The van der Waals surface area contributed by atoms with E-state index in [2.05, 4.69) is 0 Å². The molecule has 0 spiro atoms. The van der Waals surface area contributed by atoms with Gasteiger partial charge in [-0.3, -0.25) is 4.79 Å². The van der Waals surface area contributed by atoms with Crippen molar-refractivity contribution < 1.29 is 44.2 Å². The number of hydrogen-bond acceptors (Lipinski definition) is 9. The van der Waals surface area contributed by atoms with Crippen molar-refractivity contribution in [1.29, 1.82) is 0 Å². The molecule has 0 amide bonds. The molecular formula is C19H20O9. The number of carbonyl (C=O) groups excluding carboxylic acids is 1. The molecule has 0 bridgehead atoms. The number of aliphatic hydroxyl groups is 3. The van der Waals surface area contributed by atoms with Crippen LogP contribution in [0.15, 0.2) is 30.3 Å². The van der Waals surface area contributed by atoms with Crippen LogP contribution in [0.3, 0.4) is 0 Å². The van der Waals surface area contributed by atoms with Gasteiger partial charge in [0, 0.05) is 12.1 Å². The third-order valence-corrected chi connectivity index (χ3v) is 4.11. The third kappa shape index (κ3) is 4.11. The van der Waals surface area contributed by atoms with Crippen molar-refractivity contribution in [2.45, 2.75) is 12.5 Å². The van der Waals surface area contributed by atoms with Crippen LogP contribution in [0.1, 0.15) is 28.4 Å². The minimum absolute atomic E-state index is 0.00231. The quantitative estimate of drug-likeness (QED) is 0.488. The fourth-order valence-electron chi connectivity index (χ4n) is 2.94. The van der Waals surface area contributed by atoms with Gasteiger partial charge in [0.25, 0.3) is 0 Å². The maximum absolute atomic E-state index is 12.7. The fraction of sp³-hybridized carbons (Fsp3) is 0.316. The first-order valence-corrected chi connectivity index (χ1v) is 8.49. The molecule has 9 nitrogen and oxygen atoms in total. The van der Waals surface area contributed by atoms with E-state index in [4.69, 9.17) is 34.3 Å². The van der Waals surface area contributed by atoms with Gasteiger partial charge in [-0.25, -0.2) is 0 Å². The largest absolute Gasteiger partial charge is 0.504 e. The molecule has 4 N–H and O–H groups in total. The molecule has 2 aromatic rings. The summed E-state index contributed by atoms with van der Waals surface area (Å²) in [4.78, 5) is 12.7. The molecular weight excluding hydrogens is 372 g/mol. The van der Waals surface area contributed by atoms with Crippen molar-refractivity contribution >= 4 is 5.78 Å². The highest BCUT2D eigenvalue weighted by Gasteiger charge is 2.32. The first kappa shape index (κ1) is 19.7. The van der Waals surface area contributed by atoms with Gasteiger partial charge in [-0.1, -0.05) is 6.07 Å². The van der Waals surface area contributed by atoms with Crippen molar-refractivity contribution in [2.75, 3.05) is 26.8 Å². The Morgan fingerprint density at radius 2 is 1.79 bits per heavy atom. The number of ketones is 1. The van der Waals surface area contributed by atoms with Crippen molar-refractivity contribution in [3.63, 3.8) is 0 Å². The van der Waals surface area contributed by atoms with Crippen molar-refractivity contribution in [1.82, 2.24) is 0 Å². The standard InChI is InChI=1S/C19H20O9/c20-3-4-25-17-6-12(26-9-21)7-18-19(17)14(24)8-16(28-18)11-1-2-15(27-10-22)13(23)5-11/h1-2,5-7,16,20-23H,3-4,8-10H2. The summed E-state index contributed by atoms with van der Waals surface area (Å²) in [5.74, 6) is 0.287. The number of rotatable bonds is 8. The van der Waals surface area contributed by atoms with E-state index in [1.807, 2.05) is 0 Å². The van der Waals surface area contributed by atoms with E-state index in [0.29, 0.717) is 5.56 Å². The summed E-state index contributed by atoms with van der Waals surface area (Å²) in [5.41, 5.74) is 0.757. The SMILES string of the molecule is O=C1CC(c2ccc(OCO)c(O)c2)Oc2cc(OCO)cc(OCCO)c21. The Labute approximate surface area is 160 Å². The van der Waals surface area contributed by atoms with E-state index in [1.54, 1.807) is 6.07 Å². The van der Waals surface area contributed by atoms with E-state index in [0.717, 1.165) is 0 Å². The predicted octanol–water partition coefficient (Wildman–Crippen LogP) is 1.13. The zero-order valence-corrected chi connectivity index (χ0v) is 14.8. The number of benzene rings is 2. The Hall–Kier alpha value is -3.01. The molecule has 0 saturated carbocycles. The van der Waals surface area contributed by atoms with E-state index in [9.17, 15) is 9.90 Å². The van der Waals surface area contributed by atoms with Crippen molar-refractivity contribution in [2.24, 2.45) is 0 Å². The second-order valence-electron chi connectivity index (χ2n) is 5.87. The van der Waals surface area contributed by atoms with Gasteiger partial charge in [0.1, 0.15) is 35.5 Å². The maximum Gasteiger partial charge on any atom is 0.186 e. The number of aromatic hydroxyl groups is 1. The third-order valence-electron chi connectivity index (χ3n) is 4.11. The summed E-state index contributed by atoms with van der Waals surface area (Å²) in [6, 6.07) is 7.38. The Kier molecular flexibility index (Phi) is 6.19. The Morgan fingerprint density at radius 3 is 2.46 bits per heavy atom. The van der Waals surface area contributed by atoms with Gasteiger partial charge in [0.2, 0.25) is 0 Å². The molecule has 1 heterocycles. The number of phenols is 1. The van der Waals surface area contributed by atoms with Crippen LogP contribution >= 0.6 is 0 Å². The molecule has 9 heteroatoms. The number of hydrogen-bond donors (Lipinski definition) is 4. The lowest BCUT2D eigenvalue weighted by Crippen LogP contribution is -2.22. The Bertz CT molecular complexity index is 850. The first-order valence-electron chi connectivity index (χ1n) is 8.49. The van der Waals surface area contributed by atoms with Crippen LogP contribution in [-0.4, -0.2) is 53.0 Å². The first-order chi connectivity index (χ1) is 13.6. The van der Waals surface area contributed by atoms with Gasteiger partial charge < -0.3 is 39.4 Å². The number of carbonyl (C=O) groups is 1. The molecule has 0 saturated heterocycles. The van der Waals surface area contributed by atoms with Crippen molar-refractivity contribution in [3.8, 4) is 28.7 Å². The smallest absolute Gasteiger partial charge is 0.186 e. The van der Waals surface area contributed by atoms with E-state index in [-0.39, 0.29) is 59.7 Å². The molecule has 3 rings (SSSR count). The van der Waals surface area contributed by atoms with Crippen LogP contribution < -0.4 is 18.9 Å². The number of ether oxygens (including phenoxy) is 4. The van der Waals surface area contributed by atoms with Crippen LogP contribution in [0, 0.1) is 0 Å². The topological polar surface area (TPSA) is 135 Å². The number of fused-ring (bicyclic) bond motifs is 1. The molecule has 0 fully saturated rings. The van der Waals surface area contributed by atoms with Crippen LogP contribution in [0.4, 0.5) is 0 Å². The van der Waals surface area contributed by atoms with Gasteiger partial charge in [-0.05, 0) is 17.7 Å². The highest BCUT2D eigenvalue weighted by atomic mass is 16.6. The summed E-state index contributed by atoms with van der Waals surface area (Å²) < 4.78 is 21.3. The zero-order valence-electron chi connectivity index (χ0n) is 14.8. The highest BCUT2D eigenvalue weighted by molar-refractivity contribution is 6.02. The molecule has 0 aliphatic carbocycles. The number of aliphatic hydroxyl groups excluding tert-OH is 3. The molecule has 1 unspecified atom stereocenters. The van der Waals surface area contributed by atoms with Crippen LogP contribution in [0.2, 0.25) is 0 Å². The van der Waals surface area contributed by atoms with Gasteiger partial charge >= 0.3 is 0 Å². The van der Waals surface area contributed by atoms with Gasteiger partial charge in [-0.15, -0.1) is 0 Å². The minimum Gasteiger partial charge on any atom is -0.504 e. The van der Waals surface area contributed by atoms with Crippen molar-refractivity contribution in [3.05, 3.63) is 41.5 Å². The lowest BCUT2D eigenvalue weighted by Gasteiger charge is -2.27.